The van der Waals surface area contributed by atoms with Gasteiger partial charge in [0.15, 0.2) is 0 Å². The van der Waals surface area contributed by atoms with Crippen molar-refractivity contribution in [1.29, 1.82) is 0 Å². The molecule has 0 aliphatic heterocycles. The molecule has 0 amide bonds. The van der Waals surface area contributed by atoms with Gasteiger partial charge in [-0.1, -0.05) is 13.0 Å². The summed E-state index contributed by atoms with van der Waals surface area (Å²) < 4.78 is 0. The van der Waals surface area contributed by atoms with E-state index in [0.717, 1.165) is 24.3 Å². The number of aromatic nitrogens is 1. The van der Waals surface area contributed by atoms with Gasteiger partial charge in [-0.2, -0.15) is 0 Å². The van der Waals surface area contributed by atoms with Crippen LogP contribution in [0.5, 0.6) is 0 Å². The van der Waals surface area contributed by atoms with Crippen LogP contribution in [0.2, 0.25) is 0 Å². The zero-order chi connectivity index (χ0) is 11.3. The minimum atomic E-state index is 0.0517. The first-order valence-electron chi connectivity index (χ1n) is 5.55. The second-order valence-corrected chi connectivity index (χ2v) is 3.69. The normalized spacial score (nSPS) is 12.5. The molecule has 0 aliphatic rings. The number of aliphatic hydroxyl groups is 1. The van der Waals surface area contributed by atoms with Gasteiger partial charge in [-0.3, -0.25) is 0 Å². The molecule has 0 fully saturated rings. The molecular weight excluding hydrogens is 188 g/mol. The summed E-state index contributed by atoms with van der Waals surface area (Å²) in [6.07, 6.45) is 2.86. The SMILES string of the molecule is CCC(C)N(CC)c1ncccc1CO. The fourth-order valence-electron chi connectivity index (χ4n) is 1.70. The molecule has 1 rings (SSSR count). The molecule has 0 aromatic carbocycles. The molecule has 0 spiro atoms. The molecule has 1 unspecified atom stereocenters. The molecule has 1 aromatic heterocycles. The maximum absolute atomic E-state index is 9.25. The summed E-state index contributed by atoms with van der Waals surface area (Å²) >= 11 is 0. The number of aliphatic hydroxyl groups excluding tert-OH is 1. The molecule has 0 saturated carbocycles. The topological polar surface area (TPSA) is 36.4 Å². The maximum Gasteiger partial charge on any atom is 0.134 e. The van der Waals surface area contributed by atoms with Crippen molar-refractivity contribution in [3.05, 3.63) is 23.9 Å². The first kappa shape index (κ1) is 12.0. The van der Waals surface area contributed by atoms with Crippen LogP contribution in [0.1, 0.15) is 32.8 Å². The van der Waals surface area contributed by atoms with Crippen molar-refractivity contribution < 1.29 is 5.11 Å². The fraction of sp³-hybridized carbons (Fsp3) is 0.583. The van der Waals surface area contributed by atoms with Crippen LogP contribution >= 0.6 is 0 Å². The van der Waals surface area contributed by atoms with Crippen LogP contribution in [0.15, 0.2) is 18.3 Å². The molecule has 0 saturated heterocycles. The molecule has 84 valence electrons. The molecular formula is C12H20N2O. The van der Waals surface area contributed by atoms with Gasteiger partial charge in [0.25, 0.3) is 0 Å². The second kappa shape index (κ2) is 5.71. The van der Waals surface area contributed by atoms with E-state index in [-0.39, 0.29) is 6.61 Å². The molecule has 1 heterocycles. The monoisotopic (exact) mass is 208 g/mol. The van der Waals surface area contributed by atoms with Crippen LogP contribution in [0.3, 0.4) is 0 Å². The minimum absolute atomic E-state index is 0.0517. The minimum Gasteiger partial charge on any atom is -0.392 e. The Kier molecular flexibility index (Phi) is 4.56. The highest BCUT2D eigenvalue weighted by Crippen LogP contribution is 2.20. The van der Waals surface area contributed by atoms with E-state index in [0.29, 0.717) is 6.04 Å². The Labute approximate surface area is 91.8 Å². The third kappa shape index (κ3) is 2.69. The third-order valence-corrected chi connectivity index (χ3v) is 2.77. The number of nitrogens with zero attached hydrogens (tertiary/aromatic N) is 2. The molecule has 3 heteroatoms. The van der Waals surface area contributed by atoms with Gasteiger partial charge in [-0.25, -0.2) is 4.98 Å². The van der Waals surface area contributed by atoms with Crippen LogP contribution in [-0.4, -0.2) is 22.7 Å². The van der Waals surface area contributed by atoms with Crippen molar-refractivity contribution in [3.8, 4) is 0 Å². The standard InChI is InChI=1S/C12H20N2O/c1-4-10(3)14(5-2)12-11(9-15)7-6-8-13-12/h6-8,10,15H,4-5,9H2,1-3H3. The summed E-state index contributed by atoms with van der Waals surface area (Å²) in [5.41, 5.74) is 0.902. The largest absolute Gasteiger partial charge is 0.392 e. The average Bonchev–Trinajstić information content (AvgIpc) is 2.30. The Balaban J connectivity index is 3.00. The van der Waals surface area contributed by atoms with Crippen LogP contribution in [-0.2, 0) is 6.61 Å². The number of pyridine rings is 1. The van der Waals surface area contributed by atoms with E-state index in [4.69, 9.17) is 0 Å². The van der Waals surface area contributed by atoms with Crippen molar-refractivity contribution in [1.82, 2.24) is 4.98 Å². The highest BCUT2D eigenvalue weighted by atomic mass is 16.3. The predicted molar refractivity (Wildman–Crippen MR) is 62.9 cm³/mol. The summed E-state index contributed by atoms with van der Waals surface area (Å²) in [5, 5.41) is 9.25. The number of hydrogen-bond acceptors (Lipinski definition) is 3. The van der Waals surface area contributed by atoms with Crippen LogP contribution in [0, 0.1) is 0 Å². The van der Waals surface area contributed by atoms with E-state index in [1.807, 2.05) is 12.1 Å². The van der Waals surface area contributed by atoms with E-state index in [1.54, 1.807) is 6.20 Å². The zero-order valence-electron chi connectivity index (χ0n) is 9.77. The molecule has 1 aromatic rings. The van der Waals surface area contributed by atoms with Gasteiger partial charge < -0.3 is 10.0 Å². The summed E-state index contributed by atoms with van der Waals surface area (Å²) in [6, 6.07) is 4.24. The van der Waals surface area contributed by atoms with Crippen molar-refractivity contribution in [2.24, 2.45) is 0 Å². The molecule has 1 atom stereocenters. The number of hydrogen-bond donors (Lipinski definition) is 1. The van der Waals surface area contributed by atoms with E-state index >= 15 is 0 Å². The quantitative estimate of drug-likeness (QED) is 0.806. The molecule has 0 bridgehead atoms. The Morgan fingerprint density at radius 2 is 2.20 bits per heavy atom. The lowest BCUT2D eigenvalue weighted by molar-refractivity contribution is 0.281. The molecule has 1 N–H and O–H groups in total. The lowest BCUT2D eigenvalue weighted by atomic mass is 10.2. The summed E-state index contributed by atoms with van der Waals surface area (Å²) in [6.45, 7) is 7.42. The van der Waals surface area contributed by atoms with Crippen molar-refractivity contribution in [2.45, 2.75) is 39.8 Å². The van der Waals surface area contributed by atoms with Crippen molar-refractivity contribution in [2.75, 3.05) is 11.4 Å². The highest BCUT2D eigenvalue weighted by molar-refractivity contribution is 5.47. The third-order valence-electron chi connectivity index (χ3n) is 2.77. The summed E-state index contributed by atoms with van der Waals surface area (Å²) in [5.74, 6) is 0.914. The van der Waals surface area contributed by atoms with E-state index in [2.05, 4.69) is 30.7 Å². The summed E-state index contributed by atoms with van der Waals surface area (Å²) in [7, 11) is 0. The van der Waals surface area contributed by atoms with Crippen LogP contribution in [0.25, 0.3) is 0 Å². The molecule has 3 nitrogen and oxygen atoms in total. The zero-order valence-corrected chi connectivity index (χ0v) is 9.77. The Hall–Kier alpha value is -1.09. The maximum atomic E-state index is 9.25. The van der Waals surface area contributed by atoms with E-state index in [9.17, 15) is 5.11 Å². The Morgan fingerprint density at radius 3 is 2.73 bits per heavy atom. The predicted octanol–water partition coefficient (Wildman–Crippen LogP) is 2.20. The first-order chi connectivity index (χ1) is 7.24. The lowest BCUT2D eigenvalue weighted by Crippen LogP contribution is -2.33. The average molecular weight is 208 g/mol. The van der Waals surface area contributed by atoms with Gasteiger partial charge >= 0.3 is 0 Å². The van der Waals surface area contributed by atoms with Gasteiger partial charge in [0.1, 0.15) is 5.82 Å². The van der Waals surface area contributed by atoms with Gasteiger partial charge in [-0.05, 0) is 26.3 Å². The Bertz CT molecular complexity index is 301. The summed E-state index contributed by atoms with van der Waals surface area (Å²) in [4.78, 5) is 6.58. The number of rotatable bonds is 5. The van der Waals surface area contributed by atoms with Crippen molar-refractivity contribution in [3.63, 3.8) is 0 Å². The molecule has 0 radical (unpaired) electrons. The van der Waals surface area contributed by atoms with Gasteiger partial charge in [0.05, 0.1) is 6.61 Å². The fourth-order valence-corrected chi connectivity index (χ4v) is 1.70. The molecule has 15 heavy (non-hydrogen) atoms. The van der Waals surface area contributed by atoms with Crippen LogP contribution in [0.4, 0.5) is 5.82 Å². The van der Waals surface area contributed by atoms with Crippen LogP contribution < -0.4 is 4.90 Å². The second-order valence-electron chi connectivity index (χ2n) is 3.69. The first-order valence-corrected chi connectivity index (χ1v) is 5.55. The highest BCUT2D eigenvalue weighted by Gasteiger charge is 2.14. The van der Waals surface area contributed by atoms with Gasteiger partial charge in [0.2, 0.25) is 0 Å². The van der Waals surface area contributed by atoms with E-state index in [1.165, 1.54) is 0 Å². The van der Waals surface area contributed by atoms with Crippen molar-refractivity contribution >= 4 is 5.82 Å². The lowest BCUT2D eigenvalue weighted by Gasteiger charge is -2.29. The van der Waals surface area contributed by atoms with Gasteiger partial charge in [0, 0.05) is 24.3 Å². The smallest absolute Gasteiger partial charge is 0.134 e. The van der Waals surface area contributed by atoms with Gasteiger partial charge in [-0.15, -0.1) is 0 Å². The molecule has 0 aliphatic carbocycles. The Morgan fingerprint density at radius 1 is 1.47 bits per heavy atom. The van der Waals surface area contributed by atoms with E-state index < -0.39 is 0 Å². The number of anilines is 1.